The summed E-state index contributed by atoms with van der Waals surface area (Å²) in [5.41, 5.74) is 11.8. The molecule has 2 aromatic rings. The number of nitrogen functional groups attached to an aromatic ring is 1. The van der Waals surface area contributed by atoms with Crippen LogP contribution in [0.25, 0.3) is 11.1 Å². The molecule has 2 heterocycles. The summed E-state index contributed by atoms with van der Waals surface area (Å²) in [4.78, 5) is 17.7. The molecule has 4 heteroatoms. The van der Waals surface area contributed by atoms with Gasteiger partial charge in [-0.15, -0.1) is 0 Å². The molecule has 1 aromatic carbocycles. The van der Waals surface area contributed by atoms with Gasteiger partial charge in [0.25, 0.3) is 0 Å². The topological polar surface area (TPSA) is 59.2 Å². The van der Waals surface area contributed by atoms with Gasteiger partial charge in [-0.2, -0.15) is 0 Å². The van der Waals surface area contributed by atoms with Crippen molar-refractivity contribution in [3.8, 4) is 11.1 Å². The van der Waals surface area contributed by atoms with E-state index < -0.39 is 0 Å². The number of rotatable bonds is 2. The molecule has 0 atom stereocenters. The number of aromatic nitrogens is 1. The Labute approximate surface area is 123 Å². The molecule has 1 aromatic heterocycles. The SMILES string of the molecule is C=CN1C(=O)CCc2cc(-c3ccnc(C)c3)c(N)cc21. The van der Waals surface area contributed by atoms with Crippen LogP contribution in [0.2, 0.25) is 0 Å². The summed E-state index contributed by atoms with van der Waals surface area (Å²) < 4.78 is 0. The molecule has 0 saturated carbocycles. The normalized spacial score (nSPS) is 14.0. The van der Waals surface area contributed by atoms with Crippen molar-refractivity contribution in [3.05, 3.63) is 54.5 Å². The third kappa shape index (κ3) is 2.29. The highest BCUT2D eigenvalue weighted by Crippen LogP contribution is 2.36. The summed E-state index contributed by atoms with van der Waals surface area (Å²) in [5.74, 6) is 0.0596. The van der Waals surface area contributed by atoms with Crippen molar-refractivity contribution in [2.75, 3.05) is 10.6 Å². The summed E-state index contributed by atoms with van der Waals surface area (Å²) in [6.45, 7) is 5.67. The highest BCUT2D eigenvalue weighted by molar-refractivity contribution is 5.99. The van der Waals surface area contributed by atoms with Crippen LogP contribution in [-0.2, 0) is 11.2 Å². The van der Waals surface area contributed by atoms with E-state index in [1.165, 1.54) is 0 Å². The number of fused-ring (bicyclic) bond motifs is 1. The maximum Gasteiger partial charge on any atom is 0.231 e. The van der Waals surface area contributed by atoms with E-state index in [2.05, 4.69) is 17.6 Å². The first-order chi connectivity index (χ1) is 10.1. The standard InChI is InChI=1S/C17H17N3O/c1-3-20-16-10-15(18)14(9-13(16)4-5-17(20)21)12-6-7-19-11(2)8-12/h3,6-10H,1,4-5,18H2,2H3. The average Bonchev–Trinajstić information content (AvgIpc) is 2.46. The molecule has 1 aliphatic heterocycles. The first kappa shape index (κ1) is 13.4. The average molecular weight is 279 g/mol. The Morgan fingerprint density at radius 1 is 1.33 bits per heavy atom. The molecule has 0 unspecified atom stereocenters. The van der Waals surface area contributed by atoms with Gasteiger partial charge in [0.1, 0.15) is 0 Å². The van der Waals surface area contributed by atoms with Gasteiger partial charge in [0.15, 0.2) is 0 Å². The summed E-state index contributed by atoms with van der Waals surface area (Å²) >= 11 is 0. The molecule has 2 N–H and O–H groups in total. The smallest absolute Gasteiger partial charge is 0.231 e. The third-order valence-corrected chi connectivity index (χ3v) is 3.78. The minimum Gasteiger partial charge on any atom is -0.398 e. The second-order valence-corrected chi connectivity index (χ2v) is 5.20. The summed E-state index contributed by atoms with van der Waals surface area (Å²) in [6, 6.07) is 7.89. The maximum atomic E-state index is 11.9. The number of carbonyl (C=O) groups excluding carboxylic acids is 1. The van der Waals surface area contributed by atoms with Crippen LogP contribution in [0.1, 0.15) is 17.7 Å². The van der Waals surface area contributed by atoms with Crippen LogP contribution in [0.5, 0.6) is 0 Å². The lowest BCUT2D eigenvalue weighted by atomic mass is 9.94. The minimum atomic E-state index is 0.0596. The predicted molar refractivity (Wildman–Crippen MR) is 84.8 cm³/mol. The fourth-order valence-corrected chi connectivity index (χ4v) is 2.73. The molecule has 0 bridgehead atoms. The predicted octanol–water partition coefficient (Wildman–Crippen LogP) is 3.06. The van der Waals surface area contributed by atoms with Gasteiger partial charge in [-0.1, -0.05) is 6.58 Å². The van der Waals surface area contributed by atoms with Crippen molar-refractivity contribution >= 4 is 17.3 Å². The van der Waals surface area contributed by atoms with Gasteiger partial charge in [0.05, 0.1) is 5.69 Å². The van der Waals surface area contributed by atoms with E-state index >= 15 is 0 Å². The Kier molecular flexibility index (Phi) is 3.22. The van der Waals surface area contributed by atoms with E-state index in [-0.39, 0.29) is 5.91 Å². The molecule has 0 spiro atoms. The molecular weight excluding hydrogens is 262 g/mol. The van der Waals surface area contributed by atoms with Gasteiger partial charge in [-0.05, 0) is 48.7 Å². The van der Waals surface area contributed by atoms with E-state index in [1.807, 2.05) is 25.1 Å². The van der Waals surface area contributed by atoms with E-state index in [9.17, 15) is 4.79 Å². The molecule has 1 amide bonds. The van der Waals surface area contributed by atoms with Crippen LogP contribution in [0, 0.1) is 6.92 Å². The number of hydrogen-bond acceptors (Lipinski definition) is 3. The number of benzene rings is 1. The van der Waals surface area contributed by atoms with Crippen LogP contribution >= 0.6 is 0 Å². The first-order valence-electron chi connectivity index (χ1n) is 6.90. The van der Waals surface area contributed by atoms with Crippen molar-refractivity contribution in [2.45, 2.75) is 19.8 Å². The molecule has 3 rings (SSSR count). The summed E-state index contributed by atoms with van der Waals surface area (Å²) in [5, 5.41) is 0. The van der Waals surface area contributed by atoms with Crippen molar-refractivity contribution < 1.29 is 4.79 Å². The zero-order valence-corrected chi connectivity index (χ0v) is 12.0. The number of nitrogens with two attached hydrogens (primary N) is 1. The molecule has 0 aliphatic carbocycles. The highest BCUT2D eigenvalue weighted by atomic mass is 16.2. The highest BCUT2D eigenvalue weighted by Gasteiger charge is 2.23. The van der Waals surface area contributed by atoms with E-state index in [0.717, 1.165) is 34.5 Å². The zero-order chi connectivity index (χ0) is 15.0. The van der Waals surface area contributed by atoms with Crippen LogP contribution < -0.4 is 10.6 Å². The Balaban J connectivity index is 2.14. The molecule has 106 valence electrons. The first-order valence-corrected chi connectivity index (χ1v) is 6.90. The van der Waals surface area contributed by atoms with Crippen molar-refractivity contribution in [1.82, 2.24) is 4.98 Å². The second kappa shape index (κ2) is 5.05. The minimum absolute atomic E-state index is 0.0596. The van der Waals surface area contributed by atoms with Gasteiger partial charge in [0.2, 0.25) is 5.91 Å². The van der Waals surface area contributed by atoms with Crippen molar-refractivity contribution in [2.24, 2.45) is 0 Å². The van der Waals surface area contributed by atoms with Gasteiger partial charge < -0.3 is 5.73 Å². The quantitative estimate of drug-likeness (QED) is 0.859. The van der Waals surface area contributed by atoms with Gasteiger partial charge in [-0.3, -0.25) is 14.7 Å². The van der Waals surface area contributed by atoms with Crippen LogP contribution in [0.15, 0.2) is 43.2 Å². The number of nitrogens with zero attached hydrogens (tertiary/aromatic N) is 2. The van der Waals surface area contributed by atoms with Crippen LogP contribution in [0.3, 0.4) is 0 Å². The Bertz CT molecular complexity index is 737. The number of aryl methyl sites for hydroxylation is 2. The largest absolute Gasteiger partial charge is 0.398 e. The third-order valence-electron chi connectivity index (χ3n) is 3.78. The second-order valence-electron chi connectivity index (χ2n) is 5.20. The molecule has 4 nitrogen and oxygen atoms in total. The van der Waals surface area contributed by atoms with E-state index in [1.54, 1.807) is 17.3 Å². The number of anilines is 2. The number of hydrogen-bond donors (Lipinski definition) is 1. The van der Waals surface area contributed by atoms with E-state index in [0.29, 0.717) is 12.1 Å². The molecule has 0 fully saturated rings. The fraction of sp³-hybridized carbons (Fsp3) is 0.176. The number of carbonyl (C=O) groups is 1. The fourth-order valence-electron chi connectivity index (χ4n) is 2.73. The lowest BCUT2D eigenvalue weighted by Gasteiger charge is -2.27. The lowest BCUT2D eigenvalue weighted by Crippen LogP contribution is -2.30. The van der Waals surface area contributed by atoms with Gasteiger partial charge >= 0.3 is 0 Å². The van der Waals surface area contributed by atoms with Gasteiger partial charge in [-0.25, -0.2) is 0 Å². The van der Waals surface area contributed by atoms with Crippen LogP contribution in [-0.4, -0.2) is 10.9 Å². The molecule has 1 aliphatic rings. The molecular formula is C17H17N3O. The lowest BCUT2D eigenvalue weighted by molar-refractivity contribution is -0.118. The Morgan fingerprint density at radius 2 is 2.14 bits per heavy atom. The number of pyridine rings is 1. The number of amides is 1. The Hall–Kier alpha value is -2.62. The molecule has 0 radical (unpaired) electrons. The summed E-state index contributed by atoms with van der Waals surface area (Å²) in [7, 11) is 0. The van der Waals surface area contributed by atoms with E-state index in [4.69, 9.17) is 5.73 Å². The monoisotopic (exact) mass is 279 g/mol. The maximum absolute atomic E-state index is 11.9. The van der Waals surface area contributed by atoms with Crippen molar-refractivity contribution in [3.63, 3.8) is 0 Å². The van der Waals surface area contributed by atoms with Gasteiger partial charge in [0, 0.05) is 35.8 Å². The van der Waals surface area contributed by atoms with Crippen molar-refractivity contribution in [1.29, 1.82) is 0 Å². The summed E-state index contributed by atoms with van der Waals surface area (Å²) in [6.07, 6.45) is 4.56. The molecule has 21 heavy (non-hydrogen) atoms. The van der Waals surface area contributed by atoms with Crippen LogP contribution in [0.4, 0.5) is 11.4 Å². The zero-order valence-electron chi connectivity index (χ0n) is 12.0. The Morgan fingerprint density at radius 3 is 2.86 bits per heavy atom. The molecule has 0 saturated heterocycles.